The molecule has 1 aliphatic rings. The van der Waals surface area contributed by atoms with Gasteiger partial charge in [-0.05, 0) is 39.0 Å². The lowest BCUT2D eigenvalue weighted by Crippen LogP contribution is -2.60. The maximum atomic E-state index is 13.3. The highest BCUT2D eigenvalue weighted by Crippen LogP contribution is 2.37. The number of esters is 1. The Labute approximate surface area is 183 Å². The molecule has 9 heteroatoms. The summed E-state index contributed by atoms with van der Waals surface area (Å²) in [6.07, 6.45) is -1.37. The largest absolute Gasteiger partial charge is 0.452 e. The van der Waals surface area contributed by atoms with E-state index in [1.807, 2.05) is 0 Å². The van der Waals surface area contributed by atoms with Crippen molar-refractivity contribution in [2.75, 3.05) is 10.2 Å². The number of rotatable bonds is 4. The number of nitrogens with one attached hydrogen (secondary N) is 2. The summed E-state index contributed by atoms with van der Waals surface area (Å²) in [6.45, 7) is 4.71. The average molecular weight is 434 g/mol. The van der Waals surface area contributed by atoms with Gasteiger partial charge in [0.2, 0.25) is 5.91 Å². The van der Waals surface area contributed by atoms with Gasteiger partial charge in [-0.15, -0.1) is 0 Å². The SMILES string of the molecule is C[C@@H](OC(=O)Cc1n[nH]c(=O)c2ccccc12)C(=O)N1c2ccccc2NC(=O)C1(C)C. The van der Waals surface area contributed by atoms with Crippen LogP contribution in [0.3, 0.4) is 0 Å². The molecule has 0 aliphatic carbocycles. The van der Waals surface area contributed by atoms with Gasteiger partial charge >= 0.3 is 5.97 Å². The van der Waals surface area contributed by atoms with Gasteiger partial charge < -0.3 is 10.1 Å². The van der Waals surface area contributed by atoms with Gasteiger partial charge in [0.05, 0.1) is 28.9 Å². The van der Waals surface area contributed by atoms with Crippen LogP contribution in [0.15, 0.2) is 53.3 Å². The van der Waals surface area contributed by atoms with Crippen LogP contribution in [-0.2, 0) is 25.5 Å². The number of carbonyl (C=O) groups excluding carboxylic acids is 3. The Balaban J connectivity index is 1.56. The van der Waals surface area contributed by atoms with Crippen molar-refractivity contribution in [1.82, 2.24) is 10.2 Å². The highest BCUT2D eigenvalue weighted by molar-refractivity contribution is 6.15. The summed E-state index contributed by atoms with van der Waals surface area (Å²) < 4.78 is 5.40. The van der Waals surface area contributed by atoms with E-state index in [9.17, 15) is 19.2 Å². The van der Waals surface area contributed by atoms with E-state index in [2.05, 4.69) is 15.5 Å². The number of ether oxygens (including phenoxy) is 1. The first-order chi connectivity index (χ1) is 15.2. The van der Waals surface area contributed by atoms with E-state index in [4.69, 9.17) is 4.74 Å². The molecule has 4 rings (SSSR count). The molecule has 9 nitrogen and oxygen atoms in total. The van der Waals surface area contributed by atoms with Gasteiger partial charge in [0.25, 0.3) is 11.5 Å². The van der Waals surface area contributed by atoms with Crippen LogP contribution >= 0.6 is 0 Å². The first kappa shape index (κ1) is 21.2. The number of H-pyrrole nitrogens is 1. The summed E-state index contributed by atoms with van der Waals surface area (Å²) in [5, 5.41) is 10.1. The smallest absolute Gasteiger partial charge is 0.312 e. The molecule has 2 N–H and O–H groups in total. The molecule has 2 amide bonds. The first-order valence-corrected chi connectivity index (χ1v) is 10.1. The molecule has 0 fully saturated rings. The first-order valence-electron chi connectivity index (χ1n) is 10.1. The fourth-order valence-electron chi connectivity index (χ4n) is 3.76. The number of aromatic amines is 1. The van der Waals surface area contributed by atoms with Crippen molar-refractivity contribution < 1.29 is 19.1 Å². The van der Waals surface area contributed by atoms with Crippen LogP contribution in [0.5, 0.6) is 0 Å². The zero-order valence-corrected chi connectivity index (χ0v) is 17.8. The van der Waals surface area contributed by atoms with Crippen molar-refractivity contribution >= 4 is 39.9 Å². The minimum absolute atomic E-state index is 0.227. The van der Waals surface area contributed by atoms with E-state index < -0.39 is 23.5 Å². The molecule has 1 atom stereocenters. The number of carbonyl (C=O) groups is 3. The number of para-hydroxylation sites is 2. The third-order valence-corrected chi connectivity index (χ3v) is 5.47. The Morgan fingerprint density at radius 2 is 1.72 bits per heavy atom. The standard InChI is InChI=1S/C23H22N4O5/c1-13(21(30)27-18-11-7-6-10-16(18)24-22(31)23(27,2)3)32-19(28)12-17-14-8-4-5-9-15(14)20(29)26-25-17/h4-11,13H,12H2,1-3H3,(H,24,31)(H,26,29)/t13-/m1/s1. The van der Waals surface area contributed by atoms with Gasteiger partial charge in [0.15, 0.2) is 6.10 Å². The molecule has 0 spiro atoms. The third kappa shape index (κ3) is 3.62. The molecule has 0 bridgehead atoms. The van der Waals surface area contributed by atoms with Crippen molar-refractivity contribution in [3.05, 3.63) is 64.6 Å². The zero-order chi connectivity index (χ0) is 23.0. The summed E-state index contributed by atoms with van der Waals surface area (Å²) in [5.74, 6) is -1.54. The molecular formula is C23H22N4O5. The summed E-state index contributed by atoms with van der Waals surface area (Å²) in [5.41, 5.74) is -0.160. The number of fused-ring (bicyclic) bond motifs is 2. The summed E-state index contributed by atoms with van der Waals surface area (Å²) in [7, 11) is 0. The quantitative estimate of drug-likeness (QED) is 0.607. The van der Waals surface area contributed by atoms with Crippen molar-refractivity contribution in [2.45, 2.75) is 38.8 Å². The Morgan fingerprint density at radius 1 is 1.06 bits per heavy atom. The van der Waals surface area contributed by atoms with Crippen molar-refractivity contribution in [3.8, 4) is 0 Å². The number of anilines is 2. The zero-order valence-electron chi connectivity index (χ0n) is 17.8. The van der Waals surface area contributed by atoms with E-state index >= 15 is 0 Å². The molecule has 3 aromatic rings. The Kier molecular flexibility index (Phi) is 5.25. The van der Waals surface area contributed by atoms with Gasteiger partial charge in [-0.25, -0.2) is 5.10 Å². The highest BCUT2D eigenvalue weighted by Gasteiger charge is 2.45. The molecule has 1 aromatic heterocycles. The van der Waals surface area contributed by atoms with E-state index in [0.717, 1.165) is 0 Å². The number of aromatic nitrogens is 2. The van der Waals surface area contributed by atoms with Crippen LogP contribution in [0.25, 0.3) is 10.8 Å². The molecular weight excluding hydrogens is 412 g/mol. The maximum Gasteiger partial charge on any atom is 0.312 e. The number of benzene rings is 2. The molecule has 2 heterocycles. The van der Waals surface area contributed by atoms with Crippen LogP contribution in [0.4, 0.5) is 11.4 Å². The van der Waals surface area contributed by atoms with E-state index in [0.29, 0.717) is 27.8 Å². The Hall–Kier alpha value is -4.01. The predicted octanol–water partition coefficient (Wildman–Crippen LogP) is 2.16. The third-order valence-electron chi connectivity index (χ3n) is 5.47. The van der Waals surface area contributed by atoms with Crippen LogP contribution in [0, 0.1) is 0 Å². The lowest BCUT2D eigenvalue weighted by Gasteiger charge is -2.42. The summed E-state index contributed by atoms with van der Waals surface area (Å²) >= 11 is 0. The molecule has 0 saturated carbocycles. The fourth-order valence-corrected chi connectivity index (χ4v) is 3.76. The topological polar surface area (TPSA) is 121 Å². The molecule has 0 saturated heterocycles. The van der Waals surface area contributed by atoms with E-state index in [-0.39, 0.29) is 17.9 Å². The number of amides is 2. The van der Waals surface area contributed by atoms with Gasteiger partial charge in [0.1, 0.15) is 5.54 Å². The fraction of sp³-hybridized carbons (Fsp3) is 0.261. The molecule has 164 valence electrons. The van der Waals surface area contributed by atoms with Gasteiger partial charge in [-0.3, -0.25) is 24.1 Å². The Morgan fingerprint density at radius 3 is 2.47 bits per heavy atom. The molecule has 32 heavy (non-hydrogen) atoms. The maximum absolute atomic E-state index is 13.3. The Bertz CT molecular complexity index is 1300. The van der Waals surface area contributed by atoms with Crippen LogP contribution in [-0.4, -0.2) is 39.6 Å². The second-order valence-electron chi connectivity index (χ2n) is 8.06. The van der Waals surface area contributed by atoms with Gasteiger partial charge in [-0.2, -0.15) is 5.10 Å². The minimum Gasteiger partial charge on any atom is -0.452 e. The van der Waals surface area contributed by atoms with Crippen molar-refractivity contribution in [1.29, 1.82) is 0 Å². The van der Waals surface area contributed by atoms with E-state index in [1.54, 1.807) is 62.4 Å². The van der Waals surface area contributed by atoms with Crippen LogP contribution in [0.2, 0.25) is 0 Å². The van der Waals surface area contributed by atoms with Crippen LogP contribution in [0.1, 0.15) is 26.5 Å². The summed E-state index contributed by atoms with van der Waals surface area (Å²) in [6, 6.07) is 13.7. The number of nitrogens with zero attached hydrogens (tertiary/aromatic N) is 2. The predicted molar refractivity (Wildman–Crippen MR) is 118 cm³/mol. The number of hydrogen-bond donors (Lipinski definition) is 2. The van der Waals surface area contributed by atoms with Gasteiger partial charge in [0, 0.05) is 5.39 Å². The molecule has 0 radical (unpaired) electrons. The lowest BCUT2D eigenvalue weighted by molar-refractivity contribution is -0.153. The van der Waals surface area contributed by atoms with Crippen molar-refractivity contribution in [2.24, 2.45) is 0 Å². The summed E-state index contributed by atoms with van der Waals surface area (Å²) in [4.78, 5) is 51.7. The average Bonchev–Trinajstić information content (AvgIpc) is 2.76. The molecule has 1 aliphatic heterocycles. The number of hydrogen-bond acceptors (Lipinski definition) is 6. The minimum atomic E-state index is -1.18. The monoisotopic (exact) mass is 434 g/mol. The second-order valence-corrected chi connectivity index (χ2v) is 8.06. The normalized spacial score (nSPS) is 15.6. The van der Waals surface area contributed by atoms with Crippen LogP contribution < -0.4 is 15.8 Å². The molecule has 0 unspecified atom stereocenters. The lowest BCUT2D eigenvalue weighted by atomic mass is 9.95. The molecule has 2 aromatic carbocycles. The van der Waals surface area contributed by atoms with Gasteiger partial charge in [-0.1, -0.05) is 30.3 Å². The van der Waals surface area contributed by atoms with Crippen molar-refractivity contribution in [3.63, 3.8) is 0 Å². The second kappa shape index (κ2) is 7.92. The highest BCUT2D eigenvalue weighted by atomic mass is 16.5. The van der Waals surface area contributed by atoms with E-state index in [1.165, 1.54) is 11.8 Å².